The van der Waals surface area contributed by atoms with Gasteiger partial charge in [-0.25, -0.2) is 0 Å². The molecule has 0 atom stereocenters. The van der Waals surface area contributed by atoms with E-state index in [2.05, 4.69) is 90.1 Å². The predicted octanol–water partition coefficient (Wildman–Crippen LogP) is 3.21. The molecular weight excluding hydrogens is 611 g/mol. The van der Waals surface area contributed by atoms with E-state index in [0.29, 0.717) is 0 Å². The second-order valence-corrected chi connectivity index (χ2v) is 19.9. The third-order valence-electron chi connectivity index (χ3n) is 8.88. The molecule has 1 heterocycles. The van der Waals surface area contributed by atoms with Crippen LogP contribution in [-0.2, 0) is 38.5 Å². The molecule has 6 rings (SSSR count). The van der Waals surface area contributed by atoms with Crippen LogP contribution in [0, 0.1) is 0 Å². The summed E-state index contributed by atoms with van der Waals surface area (Å²) in [7, 11) is 0. The average molecular weight is 653 g/mol. The van der Waals surface area contributed by atoms with E-state index in [9.17, 15) is 0 Å². The van der Waals surface area contributed by atoms with Crippen LogP contribution in [0.25, 0.3) is 16.7 Å². The van der Waals surface area contributed by atoms with Gasteiger partial charge in [-0.3, -0.25) is 0 Å². The van der Waals surface area contributed by atoms with E-state index in [0.717, 1.165) is 12.8 Å². The van der Waals surface area contributed by atoms with Gasteiger partial charge < -0.3 is 24.8 Å². The summed E-state index contributed by atoms with van der Waals surface area (Å²) in [4.78, 5) is 0. The smallest absolute Gasteiger partial charge is 1.00 e. The molecule has 0 amide bonds. The minimum absolute atomic E-state index is 0. The number of halogens is 2. The summed E-state index contributed by atoms with van der Waals surface area (Å²) >= 11 is -2.42. The van der Waals surface area contributed by atoms with Crippen molar-refractivity contribution in [2.24, 2.45) is 0 Å². The molecule has 4 heteroatoms. The Morgan fingerprint density at radius 3 is 2.17 bits per heavy atom. The number of fused-ring (bicyclic) bond motifs is 3. The van der Waals surface area contributed by atoms with Crippen molar-refractivity contribution in [3.63, 3.8) is 0 Å². The van der Waals surface area contributed by atoms with Crippen molar-refractivity contribution in [1.29, 1.82) is 0 Å². The van der Waals surface area contributed by atoms with Crippen LogP contribution in [0.1, 0.15) is 108 Å². The Morgan fingerprint density at radius 1 is 0.800 bits per heavy atom. The maximum Gasteiger partial charge on any atom is -1.00 e. The van der Waals surface area contributed by atoms with Crippen molar-refractivity contribution in [1.82, 2.24) is 0 Å². The molecule has 3 aliphatic rings. The van der Waals surface area contributed by atoms with Crippen LogP contribution in [0.2, 0.25) is 0 Å². The van der Waals surface area contributed by atoms with Gasteiger partial charge >= 0.3 is 238 Å². The minimum Gasteiger partial charge on any atom is -1.00 e. The van der Waals surface area contributed by atoms with Crippen molar-refractivity contribution in [2.45, 2.75) is 97.3 Å². The fourth-order valence-corrected chi connectivity index (χ4v) is 16.7. The van der Waals surface area contributed by atoms with E-state index < -0.39 is 21.3 Å². The number of hydrogen-bond donors (Lipinski definition) is 0. The summed E-state index contributed by atoms with van der Waals surface area (Å²) in [5.74, 6) is 0. The van der Waals surface area contributed by atoms with E-state index in [1.807, 2.05) is 19.0 Å². The Kier molecular flexibility index (Phi) is 9.46. The summed E-state index contributed by atoms with van der Waals surface area (Å²) in [6, 6.07) is 14.5. The van der Waals surface area contributed by atoms with Crippen LogP contribution >= 0.6 is 0 Å². The van der Waals surface area contributed by atoms with E-state index in [1.54, 1.807) is 14.4 Å². The van der Waals surface area contributed by atoms with Gasteiger partial charge in [0.05, 0.1) is 0 Å². The fraction of sp³-hybridized carbons (Fsp3) is 0.417. The molecule has 3 aliphatic carbocycles. The molecule has 0 bridgehead atoms. The van der Waals surface area contributed by atoms with Crippen molar-refractivity contribution in [3.8, 4) is 11.1 Å². The van der Waals surface area contributed by atoms with Crippen LogP contribution in [-0.4, -0.2) is 3.21 Å². The van der Waals surface area contributed by atoms with Crippen molar-refractivity contribution >= 4 is 12.1 Å². The topological polar surface area (TPSA) is 13.1 Å². The van der Waals surface area contributed by atoms with E-state index in [4.69, 9.17) is 4.42 Å². The molecule has 210 valence electrons. The zero-order valence-electron chi connectivity index (χ0n) is 24.9. The predicted molar refractivity (Wildman–Crippen MR) is 159 cm³/mol. The Bertz CT molecular complexity index is 1480. The van der Waals surface area contributed by atoms with Crippen LogP contribution in [0.3, 0.4) is 0 Å². The molecule has 0 N–H and O–H groups in total. The Morgan fingerprint density at radius 2 is 1.52 bits per heavy atom. The first-order valence-electron chi connectivity index (χ1n) is 14.6. The molecule has 1 aromatic heterocycles. The summed E-state index contributed by atoms with van der Waals surface area (Å²) < 4.78 is 11.1. The minimum atomic E-state index is -2.42. The van der Waals surface area contributed by atoms with Crippen LogP contribution in [0.5, 0.6) is 0 Å². The first-order valence-corrected chi connectivity index (χ1v) is 18.3. The molecule has 1 nitrogen and oxygen atoms in total. The van der Waals surface area contributed by atoms with Crippen molar-refractivity contribution in [2.75, 3.05) is 0 Å². The van der Waals surface area contributed by atoms with Gasteiger partial charge in [-0.15, -0.1) is 0 Å². The molecular formula is C36H42Cl2OZr. The molecule has 0 saturated heterocycles. The standard InChI is InChI=1S/C21H25.C9H7O.C6H10.2ClH.Zr/c1-20(2,3)16-7-9-18-14(12-16)11-15-13-17(21(4,5)6)8-10-19(15)18;1-2-4-8(3-1)9-5-6-10-7-9;1-2-4-6-5-3-1;;;/h7-10,12H,11H2,1-6H3;1,3,5-7H,2H2;1-5H2;2*1H;/q;;;;;+2/p-2. The average Bonchev–Trinajstić information content (AvgIpc) is 3.63. The van der Waals surface area contributed by atoms with Crippen LogP contribution < -0.4 is 28.1 Å². The maximum atomic E-state index is 5.59. The van der Waals surface area contributed by atoms with Crippen LogP contribution in [0.15, 0.2) is 68.8 Å². The van der Waals surface area contributed by atoms with Gasteiger partial charge in [-0.1, -0.05) is 0 Å². The molecule has 0 unspecified atom stereocenters. The Balaban J connectivity index is 0.00000185. The molecule has 0 aliphatic heterocycles. The Labute approximate surface area is 261 Å². The summed E-state index contributed by atoms with van der Waals surface area (Å²) in [5, 5.41) is 0. The SMILES string of the molecule is CC(C)(C)c1ccc2c(c1)Cc1c-2ccc(C(C)(C)C)[c]1[Zr+2]([C]1=C(c2ccoc2)C=CC1)=[C]1CCCCC1.[Cl-].[Cl-]. The second kappa shape index (κ2) is 12.0. The van der Waals surface area contributed by atoms with Crippen molar-refractivity contribution in [3.05, 3.63) is 92.2 Å². The summed E-state index contributed by atoms with van der Waals surface area (Å²) in [6.45, 7) is 14.3. The zero-order chi connectivity index (χ0) is 26.7. The second-order valence-electron chi connectivity index (χ2n) is 13.6. The molecule has 3 aromatic rings. The van der Waals surface area contributed by atoms with Gasteiger partial charge in [0.2, 0.25) is 0 Å². The number of allylic oxidation sites excluding steroid dienone is 4. The van der Waals surface area contributed by atoms with Gasteiger partial charge in [-0.05, 0) is 0 Å². The number of hydrogen-bond acceptors (Lipinski definition) is 1. The largest absolute Gasteiger partial charge is 1.00 e. The molecule has 1 saturated carbocycles. The van der Waals surface area contributed by atoms with E-state index in [1.165, 1.54) is 65.5 Å². The van der Waals surface area contributed by atoms with Crippen molar-refractivity contribution < 1.29 is 50.5 Å². The third-order valence-corrected chi connectivity index (χ3v) is 17.1. The van der Waals surface area contributed by atoms with E-state index >= 15 is 0 Å². The number of rotatable bonds is 3. The monoisotopic (exact) mass is 650 g/mol. The van der Waals surface area contributed by atoms with Gasteiger partial charge in [0, 0.05) is 0 Å². The quantitative estimate of drug-likeness (QED) is 0.332. The molecule has 0 spiro atoms. The molecule has 0 radical (unpaired) electrons. The summed E-state index contributed by atoms with van der Waals surface area (Å²) in [6.07, 6.45) is 17.6. The molecule has 40 heavy (non-hydrogen) atoms. The van der Waals surface area contributed by atoms with Gasteiger partial charge in [0.1, 0.15) is 0 Å². The van der Waals surface area contributed by atoms with Crippen LogP contribution in [0.4, 0.5) is 0 Å². The van der Waals surface area contributed by atoms with Gasteiger partial charge in [0.15, 0.2) is 0 Å². The first-order chi connectivity index (χ1) is 18.1. The van der Waals surface area contributed by atoms with E-state index in [-0.39, 0.29) is 35.6 Å². The fourth-order valence-electron chi connectivity index (χ4n) is 6.85. The molecule has 2 aromatic carbocycles. The van der Waals surface area contributed by atoms with Gasteiger partial charge in [-0.2, -0.15) is 0 Å². The maximum absolute atomic E-state index is 5.59. The normalized spacial score (nSPS) is 16.2. The third kappa shape index (κ3) is 5.75. The van der Waals surface area contributed by atoms with Gasteiger partial charge in [0.25, 0.3) is 0 Å². The number of furan rings is 1. The Hall–Kier alpha value is -1.47. The first kappa shape index (κ1) is 31.5. The summed E-state index contributed by atoms with van der Waals surface area (Å²) in [5.41, 5.74) is 12.3. The number of benzene rings is 2. The molecule has 1 fully saturated rings. The zero-order valence-corrected chi connectivity index (χ0v) is 28.9.